The molecular formula is C17H26N4O4S2. The molecule has 0 spiro atoms. The molecule has 3 heterocycles. The van der Waals surface area contributed by atoms with E-state index >= 15 is 0 Å². The molecule has 2 fully saturated rings. The number of aromatic nitrogens is 1. The van der Waals surface area contributed by atoms with Gasteiger partial charge in [0, 0.05) is 18.5 Å². The van der Waals surface area contributed by atoms with Crippen molar-refractivity contribution in [2.24, 2.45) is 11.8 Å². The molecule has 1 aromatic heterocycles. The molecule has 0 aromatic carbocycles. The van der Waals surface area contributed by atoms with E-state index in [2.05, 4.69) is 4.98 Å². The Hall–Kier alpha value is -1.52. The largest absolute Gasteiger partial charge is 0.331 e. The molecule has 3 atom stereocenters. The van der Waals surface area contributed by atoms with Crippen LogP contribution in [0.25, 0.3) is 0 Å². The lowest BCUT2D eigenvalue weighted by molar-refractivity contribution is -0.129. The van der Waals surface area contributed by atoms with Crippen LogP contribution < -0.4 is 0 Å². The van der Waals surface area contributed by atoms with E-state index < -0.39 is 33.9 Å². The van der Waals surface area contributed by atoms with Gasteiger partial charge in [0.05, 0.1) is 24.3 Å². The van der Waals surface area contributed by atoms with Crippen LogP contribution in [0, 0.1) is 11.8 Å². The number of likely N-dealkylation sites (tertiary alicyclic amines) is 1. The fourth-order valence-corrected chi connectivity index (χ4v) is 6.23. The van der Waals surface area contributed by atoms with E-state index in [9.17, 15) is 18.0 Å². The Morgan fingerprint density at radius 1 is 1.41 bits per heavy atom. The minimum atomic E-state index is -3.67. The summed E-state index contributed by atoms with van der Waals surface area (Å²) in [6, 6.07) is -0.914. The topological polar surface area (TPSA) is 90.9 Å². The summed E-state index contributed by atoms with van der Waals surface area (Å²) in [5, 5.41) is 2.59. The predicted octanol–water partition coefficient (Wildman–Crippen LogP) is 0.862. The Morgan fingerprint density at radius 2 is 2.07 bits per heavy atom. The van der Waals surface area contributed by atoms with Gasteiger partial charge in [-0.15, -0.1) is 11.3 Å². The van der Waals surface area contributed by atoms with Crippen LogP contribution in [0.15, 0.2) is 5.38 Å². The molecule has 0 radical (unpaired) electrons. The third kappa shape index (κ3) is 3.62. The monoisotopic (exact) mass is 414 g/mol. The van der Waals surface area contributed by atoms with Crippen molar-refractivity contribution in [1.29, 1.82) is 0 Å². The molecule has 0 saturated carbocycles. The number of amides is 2. The van der Waals surface area contributed by atoms with Crippen LogP contribution in [0.2, 0.25) is 0 Å². The van der Waals surface area contributed by atoms with Crippen molar-refractivity contribution >= 4 is 33.2 Å². The summed E-state index contributed by atoms with van der Waals surface area (Å²) in [5.41, 5.74) is 0.366. The van der Waals surface area contributed by atoms with Gasteiger partial charge >= 0.3 is 0 Å². The first kappa shape index (κ1) is 20.2. The van der Waals surface area contributed by atoms with Crippen molar-refractivity contribution < 1.29 is 18.0 Å². The first-order valence-corrected chi connectivity index (χ1v) is 11.7. The molecule has 3 rings (SSSR count). The number of nitrogens with zero attached hydrogens (tertiary/aromatic N) is 4. The smallest absolute Gasteiger partial charge is 0.273 e. The van der Waals surface area contributed by atoms with Crippen molar-refractivity contribution in [3.05, 3.63) is 16.1 Å². The summed E-state index contributed by atoms with van der Waals surface area (Å²) in [7, 11) is 0.203. The highest BCUT2D eigenvalue weighted by atomic mass is 32.2. The normalized spacial score (nSPS) is 25.7. The summed E-state index contributed by atoms with van der Waals surface area (Å²) < 4.78 is 25.4. The Balaban J connectivity index is 1.91. The molecule has 2 amide bonds. The zero-order valence-corrected chi connectivity index (χ0v) is 17.9. The maximum Gasteiger partial charge on any atom is 0.273 e. The van der Waals surface area contributed by atoms with Gasteiger partial charge in [-0.25, -0.2) is 17.7 Å². The molecule has 2 aliphatic rings. The van der Waals surface area contributed by atoms with E-state index in [-0.39, 0.29) is 11.8 Å². The lowest BCUT2D eigenvalue weighted by atomic mass is 9.88. The van der Waals surface area contributed by atoms with E-state index in [1.54, 1.807) is 10.3 Å². The number of hydrogen-bond acceptors (Lipinski definition) is 7. The molecule has 1 aromatic rings. The Labute approximate surface area is 164 Å². The first-order valence-electron chi connectivity index (χ1n) is 8.95. The molecule has 150 valence electrons. The number of rotatable bonds is 5. The minimum Gasteiger partial charge on any atom is -0.331 e. The van der Waals surface area contributed by atoms with Gasteiger partial charge in [0.1, 0.15) is 10.7 Å². The molecule has 2 aliphatic heterocycles. The number of carbonyl (C=O) groups is 2. The number of thiazole rings is 1. The van der Waals surface area contributed by atoms with Crippen LogP contribution in [0.1, 0.15) is 35.8 Å². The Morgan fingerprint density at radius 3 is 2.63 bits per heavy atom. The summed E-state index contributed by atoms with van der Waals surface area (Å²) >= 11 is 1.43. The van der Waals surface area contributed by atoms with E-state index in [4.69, 9.17) is 0 Å². The highest BCUT2D eigenvalue weighted by Crippen LogP contribution is 2.41. The second-order valence-electron chi connectivity index (χ2n) is 7.88. The Kier molecular flexibility index (Phi) is 5.35. The number of hydrogen-bond donors (Lipinski definition) is 0. The van der Waals surface area contributed by atoms with Crippen molar-refractivity contribution in [1.82, 2.24) is 19.1 Å². The fourth-order valence-electron chi connectivity index (χ4n) is 4.17. The van der Waals surface area contributed by atoms with Crippen LogP contribution in [0.5, 0.6) is 0 Å². The SMILES string of the molecule is CC(C)C1C(=O)N(S(C)(=O)=O)C2CCN(C(=O)c3csc(CN(C)C)n3)C12. The quantitative estimate of drug-likeness (QED) is 0.710. The van der Waals surface area contributed by atoms with Gasteiger partial charge in [-0.1, -0.05) is 13.8 Å². The first-order chi connectivity index (χ1) is 12.5. The highest BCUT2D eigenvalue weighted by molar-refractivity contribution is 7.88. The summed E-state index contributed by atoms with van der Waals surface area (Å²) in [6.07, 6.45) is 1.52. The molecule has 10 heteroatoms. The molecule has 0 N–H and O–H groups in total. The van der Waals surface area contributed by atoms with Gasteiger partial charge in [-0.05, 0) is 26.4 Å². The molecule has 27 heavy (non-hydrogen) atoms. The van der Waals surface area contributed by atoms with Gasteiger partial charge in [0.2, 0.25) is 15.9 Å². The maximum atomic E-state index is 13.1. The molecule has 0 bridgehead atoms. The van der Waals surface area contributed by atoms with Gasteiger partial charge < -0.3 is 9.80 Å². The molecular weight excluding hydrogens is 388 g/mol. The average Bonchev–Trinajstić information content (AvgIpc) is 3.18. The van der Waals surface area contributed by atoms with E-state index in [1.807, 2.05) is 32.8 Å². The second kappa shape index (κ2) is 7.14. The third-order valence-electron chi connectivity index (χ3n) is 5.15. The van der Waals surface area contributed by atoms with Crippen LogP contribution in [0.4, 0.5) is 0 Å². The van der Waals surface area contributed by atoms with E-state index in [0.717, 1.165) is 15.6 Å². The van der Waals surface area contributed by atoms with Crippen molar-refractivity contribution in [3.8, 4) is 0 Å². The van der Waals surface area contributed by atoms with Crippen molar-refractivity contribution in [2.45, 2.75) is 38.9 Å². The number of sulfonamides is 1. The van der Waals surface area contributed by atoms with Gasteiger partial charge in [-0.2, -0.15) is 0 Å². The van der Waals surface area contributed by atoms with Crippen LogP contribution in [0.3, 0.4) is 0 Å². The van der Waals surface area contributed by atoms with Gasteiger partial charge in [-0.3, -0.25) is 9.59 Å². The molecule has 2 saturated heterocycles. The number of carbonyl (C=O) groups excluding carboxylic acids is 2. The molecule has 3 unspecified atom stereocenters. The highest BCUT2D eigenvalue weighted by Gasteiger charge is 2.58. The minimum absolute atomic E-state index is 0.0649. The van der Waals surface area contributed by atoms with E-state index in [1.165, 1.54) is 11.3 Å². The molecule has 0 aliphatic carbocycles. The average molecular weight is 415 g/mol. The third-order valence-corrected chi connectivity index (χ3v) is 7.15. The second-order valence-corrected chi connectivity index (χ2v) is 10.7. The van der Waals surface area contributed by atoms with Gasteiger partial charge in [0.25, 0.3) is 5.91 Å². The maximum absolute atomic E-state index is 13.1. The van der Waals surface area contributed by atoms with Crippen molar-refractivity contribution in [3.63, 3.8) is 0 Å². The zero-order valence-electron chi connectivity index (χ0n) is 16.2. The van der Waals surface area contributed by atoms with Crippen LogP contribution in [-0.2, 0) is 21.4 Å². The number of fused-ring (bicyclic) bond motifs is 1. The van der Waals surface area contributed by atoms with E-state index in [0.29, 0.717) is 25.2 Å². The lowest BCUT2D eigenvalue weighted by Crippen LogP contribution is -2.44. The fraction of sp³-hybridized carbons (Fsp3) is 0.706. The lowest BCUT2D eigenvalue weighted by Gasteiger charge is -2.28. The van der Waals surface area contributed by atoms with Gasteiger partial charge in [0.15, 0.2) is 0 Å². The zero-order chi connectivity index (χ0) is 20.1. The summed E-state index contributed by atoms with van der Waals surface area (Å²) in [4.78, 5) is 34.0. The van der Waals surface area contributed by atoms with Crippen LogP contribution in [-0.4, -0.2) is 78.3 Å². The summed E-state index contributed by atoms with van der Waals surface area (Å²) in [6.45, 7) is 4.87. The molecule has 8 nitrogen and oxygen atoms in total. The standard InChI is InChI=1S/C17H26N4O4S2/c1-10(2)14-15-12(21(17(14)23)27(5,24)25)6-7-20(15)16(22)11-9-26-13(18-11)8-19(3)4/h9-10,12,14-15H,6-8H2,1-5H3. The Bertz CT molecular complexity index is 849. The van der Waals surface area contributed by atoms with Crippen molar-refractivity contribution in [2.75, 3.05) is 26.9 Å². The van der Waals surface area contributed by atoms with Crippen LogP contribution >= 0.6 is 11.3 Å². The summed E-state index contributed by atoms with van der Waals surface area (Å²) in [5.74, 6) is -1.20. The predicted molar refractivity (Wildman–Crippen MR) is 103 cm³/mol.